The highest BCUT2D eigenvalue weighted by molar-refractivity contribution is 9.10. The molecule has 0 aliphatic carbocycles. The highest BCUT2D eigenvalue weighted by Gasteiger charge is 2.14. The van der Waals surface area contributed by atoms with E-state index in [0.29, 0.717) is 0 Å². The Hall–Kier alpha value is -1.79. The Bertz CT molecular complexity index is 604. The Labute approximate surface area is 123 Å². The lowest BCUT2D eigenvalue weighted by Crippen LogP contribution is -2.29. The van der Waals surface area contributed by atoms with Crippen molar-refractivity contribution in [1.29, 1.82) is 0 Å². The van der Waals surface area contributed by atoms with Crippen LogP contribution < -0.4 is 5.32 Å². The van der Waals surface area contributed by atoms with Crippen LogP contribution in [0.2, 0.25) is 0 Å². The maximum atomic E-state index is 13.4. The smallest absolute Gasteiger partial charge is 0.269 e. The molecule has 2 rings (SSSR count). The maximum absolute atomic E-state index is 13.4. The van der Waals surface area contributed by atoms with E-state index in [2.05, 4.69) is 26.2 Å². The molecular weight excluding hydrogens is 327 g/mol. The van der Waals surface area contributed by atoms with E-state index in [1.54, 1.807) is 18.2 Å². The third-order valence-corrected chi connectivity index (χ3v) is 3.15. The standard InChI is InChI=1S/C14H12BrFN2O2/c15-9-5-6-12(17-7-9)14(20)18-8-13(19)10-3-1-2-4-11(10)16/h1-7,13,19H,8H2,(H,18,20). The lowest BCUT2D eigenvalue weighted by atomic mass is 10.1. The zero-order valence-corrected chi connectivity index (χ0v) is 12.0. The number of aliphatic hydroxyl groups excluding tert-OH is 1. The zero-order chi connectivity index (χ0) is 14.5. The number of pyridine rings is 1. The number of amides is 1. The van der Waals surface area contributed by atoms with Gasteiger partial charge in [-0.25, -0.2) is 9.37 Å². The fourth-order valence-corrected chi connectivity index (χ4v) is 1.88. The van der Waals surface area contributed by atoms with Crippen LogP contribution in [0.5, 0.6) is 0 Å². The minimum atomic E-state index is -1.10. The van der Waals surface area contributed by atoms with E-state index in [1.807, 2.05) is 0 Å². The van der Waals surface area contributed by atoms with Gasteiger partial charge in [-0.15, -0.1) is 0 Å². The molecule has 1 unspecified atom stereocenters. The molecule has 0 aliphatic heterocycles. The van der Waals surface area contributed by atoms with Gasteiger partial charge >= 0.3 is 0 Å². The predicted molar refractivity (Wildman–Crippen MR) is 75.6 cm³/mol. The van der Waals surface area contributed by atoms with Crippen LogP contribution in [0.4, 0.5) is 4.39 Å². The molecule has 0 spiro atoms. The summed E-state index contributed by atoms with van der Waals surface area (Å²) in [5.74, 6) is -0.927. The van der Waals surface area contributed by atoms with E-state index >= 15 is 0 Å². The average molecular weight is 339 g/mol. The number of rotatable bonds is 4. The highest BCUT2D eigenvalue weighted by Crippen LogP contribution is 2.15. The summed E-state index contributed by atoms with van der Waals surface area (Å²) in [6.45, 7) is -0.0858. The van der Waals surface area contributed by atoms with Crippen LogP contribution in [0.15, 0.2) is 47.1 Å². The van der Waals surface area contributed by atoms with Crippen LogP contribution in [0.3, 0.4) is 0 Å². The summed E-state index contributed by atoms with van der Waals surface area (Å²) in [6.07, 6.45) is 0.401. The molecule has 2 aromatic rings. The van der Waals surface area contributed by atoms with Gasteiger partial charge in [0.25, 0.3) is 5.91 Å². The topological polar surface area (TPSA) is 62.2 Å². The molecule has 2 N–H and O–H groups in total. The number of nitrogens with zero attached hydrogens (tertiary/aromatic N) is 1. The van der Waals surface area contributed by atoms with E-state index in [0.717, 1.165) is 4.47 Å². The van der Waals surface area contributed by atoms with Gasteiger partial charge in [0.2, 0.25) is 0 Å². The third-order valence-electron chi connectivity index (χ3n) is 2.68. The fraction of sp³-hybridized carbons (Fsp3) is 0.143. The molecule has 1 heterocycles. The Morgan fingerprint density at radius 2 is 2.10 bits per heavy atom. The SMILES string of the molecule is O=C(NCC(O)c1ccccc1F)c1ccc(Br)cn1. The van der Waals surface area contributed by atoms with E-state index < -0.39 is 17.8 Å². The second-order valence-corrected chi connectivity index (χ2v) is 5.02. The zero-order valence-electron chi connectivity index (χ0n) is 10.4. The number of carbonyl (C=O) groups is 1. The molecule has 0 saturated heterocycles. The third kappa shape index (κ3) is 3.61. The quantitative estimate of drug-likeness (QED) is 0.900. The second-order valence-electron chi connectivity index (χ2n) is 4.11. The normalized spacial score (nSPS) is 11.9. The molecule has 20 heavy (non-hydrogen) atoms. The van der Waals surface area contributed by atoms with Crippen molar-refractivity contribution in [2.24, 2.45) is 0 Å². The highest BCUT2D eigenvalue weighted by atomic mass is 79.9. The van der Waals surface area contributed by atoms with Crippen molar-refractivity contribution in [3.8, 4) is 0 Å². The number of carbonyl (C=O) groups excluding carboxylic acids is 1. The monoisotopic (exact) mass is 338 g/mol. The summed E-state index contributed by atoms with van der Waals surface area (Å²) in [6, 6.07) is 9.14. The average Bonchev–Trinajstić information content (AvgIpc) is 2.45. The van der Waals surface area contributed by atoms with Crippen molar-refractivity contribution >= 4 is 21.8 Å². The summed E-state index contributed by atoms with van der Waals surface area (Å²) in [4.78, 5) is 15.7. The molecule has 0 bridgehead atoms. The molecule has 1 aromatic heterocycles. The lowest BCUT2D eigenvalue weighted by molar-refractivity contribution is 0.0909. The number of benzene rings is 1. The van der Waals surface area contributed by atoms with Gasteiger partial charge in [-0.3, -0.25) is 4.79 Å². The van der Waals surface area contributed by atoms with Crippen molar-refractivity contribution in [2.45, 2.75) is 6.10 Å². The number of hydrogen-bond donors (Lipinski definition) is 2. The van der Waals surface area contributed by atoms with E-state index in [-0.39, 0.29) is 17.8 Å². The molecular formula is C14H12BrFN2O2. The minimum absolute atomic E-state index is 0.0858. The summed E-state index contributed by atoms with van der Waals surface area (Å²) < 4.78 is 14.2. The second kappa shape index (κ2) is 6.58. The minimum Gasteiger partial charge on any atom is -0.386 e. The molecule has 1 amide bonds. The Kier molecular flexibility index (Phi) is 4.81. The van der Waals surface area contributed by atoms with E-state index in [9.17, 15) is 14.3 Å². The van der Waals surface area contributed by atoms with Crippen LogP contribution in [0.1, 0.15) is 22.2 Å². The molecule has 104 valence electrons. The molecule has 1 atom stereocenters. The number of hydrogen-bond acceptors (Lipinski definition) is 3. The van der Waals surface area contributed by atoms with Crippen molar-refractivity contribution in [3.05, 3.63) is 64.1 Å². The van der Waals surface area contributed by atoms with Crippen LogP contribution in [-0.2, 0) is 0 Å². The van der Waals surface area contributed by atoms with Gasteiger partial charge in [0, 0.05) is 22.8 Å². The van der Waals surface area contributed by atoms with E-state index in [4.69, 9.17) is 0 Å². The first-order valence-electron chi connectivity index (χ1n) is 5.90. The van der Waals surface area contributed by atoms with Crippen molar-refractivity contribution < 1.29 is 14.3 Å². The van der Waals surface area contributed by atoms with Gasteiger partial charge in [-0.05, 0) is 34.1 Å². The van der Waals surface area contributed by atoms with Crippen LogP contribution in [0.25, 0.3) is 0 Å². The predicted octanol–water partition coefficient (Wildman–Crippen LogP) is 2.45. The first-order valence-corrected chi connectivity index (χ1v) is 6.69. The van der Waals surface area contributed by atoms with Gasteiger partial charge in [-0.2, -0.15) is 0 Å². The van der Waals surface area contributed by atoms with Gasteiger partial charge in [0.15, 0.2) is 0 Å². The largest absolute Gasteiger partial charge is 0.386 e. The molecule has 1 aromatic carbocycles. The molecule has 0 fully saturated rings. The van der Waals surface area contributed by atoms with Gasteiger partial charge in [0.1, 0.15) is 11.5 Å². The number of halogens is 2. The fourth-order valence-electron chi connectivity index (χ4n) is 1.65. The van der Waals surface area contributed by atoms with Crippen LogP contribution in [-0.4, -0.2) is 22.5 Å². The number of aliphatic hydroxyl groups is 1. The summed E-state index contributed by atoms with van der Waals surface area (Å²) in [7, 11) is 0. The van der Waals surface area contributed by atoms with Gasteiger partial charge < -0.3 is 10.4 Å². The van der Waals surface area contributed by atoms with E-state index in [1.165, 1.54) is 24.4 Å². The van der Waals surface area contributed by atoms with Crippen molar-refractivity contribution in [2.75, 3.05) is 6.54 Å². The molecule has 0 aliphatic rings. The Morgan fingerprint density at radius 3 is 2.75 bits per heavy atom. The van der Waals surface area contributed by atoms with Gasteiger partial charge in [0.05, 0.1) is 6.10 Å². The van der Waals surface area contributed by atoms with Crippen molar-refractivity contribution in [3.63, 3.8) is 0 Å². The number of nitrogens with one attached hydrogen (secondary N) is 1. The molecule has 0 radical (unpaired) electrons. The first kappa shape index (κ1) is 14.6. The summed E-state index contributed by atoms with van der Waals surface area (Å²) in [5.41, 5.74) is 0.380. The van der Waals surface area contributed by atoms with Crippen molar-refractivity contribution in [1.82, 2.24) is 10.3 Å². The number of aromatic nitrogens is 1. The van der Waals surface area contributed by atoms with Crippen LogP contribution in [0, 0.1) is 5.82 Å². The molecule has 4 nitrogen and oxygen atoms in total. The van der Waals surface area contributed by atoms with Crippen LogP contribution >= 0.6 is 15.9 Å². The van der Waals surface area contributed by atoms with Gasteiger partial charge in [-0.1, -0.05) is 18.2 Å². The lowest BCUT2D eigenvalue weighted by Gasteiger charge is -2.12. The molecule has 0 saturated carbocycles. The summed E-state index contributed by atoms with van der Waals surface area (Å²) in [5, 5.41) is 12.4. The Balaban J connectivity index is 1.97. The summed E-state index contributed by atoms with van der Waals surface area (Å²) >= 11 is 3.22. The first-order chi connectivity index (χ1) is 9.58. The Morgan fingerprint density at radius 1 is 1.35 bits per heavy atom. The molecule has 6 heteroatoms. The maximum Gasteiger partial charge on any atom is 0.269 e.